The van der Waals surface area contributed by atoms with Crippen LogP contribution in [0.1, 0.15) is 59.3 Å². The molecule has 32 heavy (non-hydrogen) atoms. The highest BCUT2D eigenvalue weighted by atomic mass is 19.1. The molecule has 0 aromatic heterocycles. The fraction of sp³-hybridized carbons (Fsp3) is 0.769. The first kappa shape index (κ1) is 22.4. The first-order valence-corrected chi connectivity index (χ1v) is 12.1. The lowest BCUT2D eigenvalue weighted by Gasteiger charge is -2.62. The molecule has 0 heterocycles. The van der Waals surface area contributed by atoms with Crippen molar-refractivity contribution in [2.24, 2.45) is 34.5 Å². The summed E-state index contributed by atoms with van der Waals surface area (Å²) in [5.74, 6) is -1.07. The van der Waals surface area contributed by atoms with Crippen molar-refractivity contribution < 1.29 is 28.9 Å². The Labute approximate surface area is 189 Å². The van der Waals surface area contributed by atoms with Gasteiger partial charge in [-0.15, -0.1) is 0 Å². The van der Waals surface area contributed by atoms with Crippen LogP contribution in [0.15, 0.2) is 23.8 Å². The Morgan fingerprint density at radius 2 is 1.97 bits per heavy atom. The summed E-state index contributed by atoms with van der Waals surface area (Å²) >= 11 is 0. The van der Waals surface area contributed by atoms with Gasteiger partial charge in [0.05, 0.1) is 6.10 Å². The van der Waals surface area contributed by atoms with Gasteiger partial charge in [0.2, 0.25) is 0 Å². The number of fused-ring (bicyclic) bond motifs is 5. The maximum atomic E-state index is 17.1. The average Bonchev–Trinajstić information content (AvgIpc) is 3.53. The van der Waals surface area contributed by atoms with Crippen LogP contribution in [0, 0.1) is 34.5 Å². The number of ketones is 2. The molecule has 0 bridgehead atoms. The molecule has 6 heteroatoms. The number of aliphatic hydroxyl groups excluding tert-OH is 1. The van der Waals surface area contributed by atoms with Crippen LogP contribution in [-0.4, -0.2) is 52.4 Å². The van der Waals surface area contributed by atoms with Gasteiger partial charge in [-0.3, -0.25) is 9.59 Å². The number of rotatable bonds is 5. The van der Waals surface area contributed by atoms with Gasteiger partial charge >= 0.3 is 0 Å². The molecule has 0 amide bonds. The van der Waals surface area contributed by atoms with E-state index in [9.17, 15) is 19.8 Å². The number of allylic oxidation sites excluding steroid dienone is 4. The molecule has 0 aromatic rings. The molecule has 4 fully saturated rings. The minimum absolute atomic E-state index is 0.00449. The van der Waals surface area contributed by atoms with Crippen molar-refractivity contribution in [1.29, 1.82) is 0 Å². The lowest BCUT2D eigenvalue weighted by molar-refractivity contribution is -0.219. The maximum Gasteiger partial charge on any atom is 0.190 e. The molecular formula is C26H35FO5. The van der Waals surface area contributed by atoms with Crippen LogP contribution >= 0.6 is 0 Å². The molecule has 5 nitrogen and oxygen atoms in total. The van der Waals surface area contributed by atoms with E-state index in [4.69, 9.17) is 4.74 Å². The second-order valence-corrected chi connectivity index (χ2v) is 11.5. The Hall–Kier alpha value is -1.37. The third-order valence-electron chi connectivity index (χ3n) is 9.93. The van der Waals surface area contributed by atoms with Crippen LogP contribution in [0.2, 0.25) is 0 Å². The summed E-state index contributed by atoms with van der Waals surface area (Å²) in [6.07, 6.45) is 7.05. The second-order valence-electron chi connectivity index (χ2n) is 11.5. The van der Waals surface area contributed by atoms with E-state index in [1.165, 1.54) is 12.2 Å². The van der Waals surface area contributed by atoms with E-state index in [0.29, 0.717) is 31.8 Å². The maximum absolute atomic E-state index is 17.1. The van der Waals surface area contributed by atoms with Gasteiger partial charge in [0, 0.05) is 23.4 Å². The fourth-order valence-electron chi connectivity index (χ4n) is 7.85. The largest absolute Gasteiger partial charge is 0.390 e. The molecule has 0 radical (unpaired) electrons. The van der Waals surface area contributed by atoms with E-state index >= 15 is 4.39 Å². The zero-order chi connectivity index (χ0) is 23.1. The zero-order valence-corrected chi connectivity index (χ0v) is 19.3. The molecule has 2 N–H and O–H groups in total. The van der Waals surface area contributed by atoms with Crippen molar-refractivity contribution in [3.05, 3.63) is 23.8 Å². The summed E-state index contributed by atoms with van der Waals surface area (Å²) in [7, 11) is 0. The van der Waals surface area contributed by atoms with Crippen molar-refractivity contribution in [2.75, 3.05) is 13.2 Å². The highest BCUT2D eigenvalue weighted by Gasteiger charge is 2.75. The van der Waals surface area contributed by atoms with Gasteiger partial charge in [0.15, 0.2) is 17.2 Å². The van der Waals surface area contributed by atoms with Gasteiger partial charge in [-0.25, -0.2) is 4.39 Å². The summed E-state index contributed by atoms with van der Waals surface area (Å²) in [6.45, 7) is 5.89. The van der Waals surface area contributed by atoms with Gasteiger partial charge in [0.1, 0.15) is 12.2 Å². The van der Waals surface area contributed by atoms with Gasteiger partial charge in [0.25, 0.3) is 0 Å². The summed E-state index contributed by atoms with van der Waals surface area (Å²) < 4.78 is 22.7. The number of hydrogen-bond acceptors (Lipinski definition) is 5. The van der Waals surface area contributed by atoms with E-state index in [-0.39, 0.29) is 36.4 Å². The van der Waals surface area contributed by atoms with Crippen molar-refractivity contribution in [3.63, 3.8) is 0 Å². The first-order chi connectivity index (χ1) is 15.0. The summed E-state index contributed by atoms with van der Waals surface area (Å²) in [5, 5.41) is 23.2. The van der Waals surface area contributed by atoms with E-state index in [2.05, 4.69) is 0 Å². The van der Waals surface area contributed by atoms with Crippen molar-refractivity contribution in [3.8, 4) is 0 Å². The standard InChI is InChI=1S/C26H35FO5/c1-15-10-20-19-7-6-17-11-18(28)8-9-23(17,2)25(19,27)21(29)12-24(20,3)26(15,31)22(30)14-32-13-16-4-5-16/h8-9,11,15-16,19-21,29,31H,4-7,10,12-14H2,1-3H3/t15?,19-,20-,21?,23-,24-,25-,26-/m0/s1. The van der Waals surface area contributed by atoms with Crippen molar-refractivity contribution in [1.82, 2.24) is 0 Å². The van der Waals surface area contributed by atoms with Crippen molar-refractivity contribution in [2.45, 2.75) is 76.7 Å². The van der Waals surface area contributed by atoms with E-state index < -0.39 is 34.1 Å². The first-order valence-electron chi connectivity index (χ1n) is 12.1. The predicted molar refractivity (Wildman–Crippen MR) is 116 cm³/mol. The minimum Gasteiger partial charge on any atom is -0.390 e. The second kappa shape index (κ2) is 7.07. The number of halogens is 1. The Morgan fingerprint density at radius 1 is 1.25 bits per heavy atom. The van der Waals surface area contributed by atoms with Crippen LogP contribution in [0.4, 0.5) is 4.39 Å². The SMILES string of the molecule is CC1C[C@H]2[C@@H]3CCC4=CC(=O)C=C[C@]4(C)[C@@]3(F)C(O)C[C@]2(C)[C@@]1(O)C(=O)COCC1CC1. The van der Waals surface area contributed by atoms with Crippen molar-refractivity contribution >= 4 is 11.6 Å². The van der Waals surface area contributed by atoms with Gasteiger partial charge in [-0.05, 0) is 75.4 Å². The molecule has 8 atom stereocenters. The Bertz CT molecular complexity index is 908. The molecule has 5 aliphatic carbocycles. The van der Waals surface area contributed by atoms with E-state index in [1.807, 2.05) is 13.8 Å². The quantitative estimate of drug-likeness (QED) is 0.677. The van der Waals surface area contributed by atoms with Crippen LogP contribution in [0.25, 0.3) is 0 Å². The average molecular weight is 447 g/mol. The molecule has 5 aliphatic rings. The van der Waals surface area contributed by atoms with Crippen LogP contribution in [0.5, 0.6) is 0 Å². The Kier molecular flexibility index (Phi) is 4.95. The predicted octanol–water partition coefficient (Wildman–Crippen LogP) is 3.33. The third-order valence-corrected chi connectivity index (χ3v) is 9.93. The van der Waals surface area contributed by atoms with Crippen LogP contribution in [0.3, 0.4) is 0 Å². The lowest BCUT2D eigenvalue weighted by Crippen LogP contribution is -2.69. The molecule has 2 unspecified atom stereocenters. The molecular weight excluding hydrogens is 411 g/mol. The van der Waals surface area contributed by atoms with E-state index in [0.717, 1.165) is 18.4 Å². The Morgan fingerprint density at radius 3 is 2.66 bits per heavy atom. The van der Waals surface area contributed by atoms with Gasteiger partial charge in [-0.2, -0.15) is 0 Å². The van der Waals surface area contributed by atoms with Gasteiger partial charge < -0.3 is 14.9 Å². The smallest absolute Gasteiger partial charge is 0.190 e. The number of carbonyl (C=O) groups excluding carboxylic acids is 2. The number of aliphatic hydroxyl groups is 2. The van der Waals surface area contributed by atoms with Crippen LogP contribution in [-0.2, 0) is 14.3 Å². The third kappa shape index (κ3) is 2.72. The monoisotopic (exact) mass is 446 g/mol. The number of hydrogen-bond donors (Lipinski definition) is 2. The minimum atomic E-state index is -1.95. The normalized spacial score (nSPS) is 49.8. The topological polar surface area (TPSA) is 83.8 Å². The van der Waals surface area contributed by atoms with Gasteiger partial charge in [-0.1, -0.05) is 25.5 Å². The molecule has 176 valence electrons. The molecule has 0 spiro atoms. The Balaban J connectivity index is 1.48. The van der Waals surface area contributed by atoms with E-state index in [1.54, 1.807) is 13.0 Å². The molecule has 0 aliphatic heterocycles. The highest BCUT2D eigenvalue weighted by Crippen LogP contribution is 2.70. The highest BCUT2D eigenvalue weighted by molar-refractivity contribution is 6.01. The molecule has 5 rings (SSSR count). The molecule has 0 aromatic carbocycles. The zero-order valence-electron chi connectivity index (χ0n) is 19.3. The summed E-state index contributed by atoms with van der Waals surface area (Å²) in [4.78, 5) is 25.2. The number of carbonyl (C=O) groups is 2. The summed E-state index contributed by atoms with van der Waals surface area (Å²) in [5.41, 5.74) is -4.87. The molecule has 0 saturated heterocycles. The summed E-state index contributed by atoms with van der Waals surface area (Å²) in [6, 6.07) is 0. The lowest BCUT2D eigenvalue weighted by atomic mass is 9.44. The number of Topliss-reactive ketones (excluding diaryl/α,β-unsaturated/α-hetero) is 1. The van der Waals surface area contributed by atoms with Crippen LogP contribution < -0.4 is 0 Å². The number of alkyl halides is 1. The molecule has 4 saturated carbocycles. The number of ether oxygens (including phenoxy) is 1. The fourth-order valence-corrected chi connectivity index (χ4v) is 7.85.